The van der Waals surface area contributed by atoms with Gasteiger partial charge in [-0.1, -0.05) is 0 Å². The zero-order valence-electron chi connectivity index (χ0n) is 12.1. The van der Waals surface area contributed by atoms with Gasteiger partial charge in [0.2, 0.25) is 17.7 Å². The van der Waals surface area contributed by atoms with Gasteiger partial charge in [0, 0.05) is 32.2 Å². The van der Waals surface area contributed by atoms with Gasteiger partial charge in [-0.15, -0.1) is 0 Å². The number of ether oxygens (including phenoxy) is 2. The van der Waals surface area contributed by atoms with E-state index in [2.05, 4.69) is 33.6 Å². The standard InChI is InChI=1S/C13H22N4O2/c1-10(2)16-5-7-17(8-6-16)13-14-11(18-3)9-12(15-13)19-4/h9-10H,5-8H2,1-4H3. The van der Waals surface area contributed by atoms with Crippen LogP contribution < -0.4 is 14.4 Å². The Morgan fingerprint density at radius 2 is 1.53 bits per heavy atom. The minimum atomic E-state index is 0.535. The Kier molecular flexibility index (Phi) is 4.42. The van der Waals surface area contributed by atoms with E-state index in [0.29, 0.717) is 23.8 Å². The highest BCUT2D eigenvalue weighted by Crippen LogP contribution is 2.21. The van der Waals surface area contributed by atoms with E-state index in [0.717, 1.165) is 26.2 Å². The summed E-state index contributed by atoms with van der Waals surface area (Å²) in [5, 5.41) is 0. The first-order valence-electron chi connectivity index (χ1n) is 6.60. The molecule has 2 rings (SSSR count). The molecule has 1 aromatic heterocycles. The minimum Gasteiger partial charge on any atom is -0.481 e. The Balaban J connectivity index is 2.10. The normalized spacial score (nSPS) is 16.8. The highest BCUT2D eigenvalue weighted by molar-refractivity contribution is 5.37. The highest BCUT2D eigenvalue weighted by Gasteiger charge is 2.21. The quantitative estimate of drug-likeness (QED) is 0.811. The maximum atomic E-state index is 5.18. The summed E-state index contributed by atoms with van der Waals surface area (Å²) >= 11 is 0. The van der Waals surface area contributed by atoms with E-state index < -0.39 is 0 Å². The molecule has 0 unspecified atom stereocenters. The van der Waals surface area contributed by atoms with Gasteiger partial charge in [-0.05, 0) is 13.8 Å². The molecule has 6 nitrogen and oxygen atoms in total. The Hall–Kier alpha value is -1.56. The molecule has 0 aliphatic carbocycles. The molecule has 1 aliphatic heterocycles. The number of piperazine rings is 1. The van der Waals surface area contributed by atoms with Crippen LogP contribution in [0.1, 0.15) is 13.8 Å². The van der Waals surface area contributed by atoms with Crippen LogP contribution in [-0.2, 0) is 0 Å². The molecule has 0 spiro atoms. The zero-order valence-corrected chi connectivity index (χ0v) is 12.1. The lowest BCUT2D eigenvalue weighted by Gasteiger charge is -2.36. The molecule has 1 aromatic rings. The van der Waals surface area contributed by atoms with Gasteiger partial charge in [-0.25, -0.2) is 0 Å². The van der Waals surface area contributed by atoms with Crippen LogP contribution in [0.5, 0.6) is 11.8 Å². The van der Waals surface area contributed by atoms with E-state index >= 15 is 0 Å². The lowest BCUT2D eigenvalue weighted by Crippen LogP contribution is -2.49. The predicted molar refractivity (Wildman–Crippen MR) is 74.1 cm³/mol. The second-order valence-corrected chi connectivity index (χ2v) is 4.87. The Bertz CT molecular complexity index is 395. The van der Waals surface area contributed by atoms with Crippen molar-refractivity contribution in [2.75, 3.05) is 45.3 Å². The van der Waals surface area contributed by atoms with Crippen LogP contribution in [0, 0.1) is 0 Å². The summed E-state index contributed by atoms with van der Waals surface area (Å²) in [6, 6.07) is 2.27. The first-order valence-corrected chi connectivity index (χ1v) is 6.60. The Morgan fingerprint density at radius 1 is 1.00 bits per heavy atom. The minimum absolute atomic E-state index is 0.535. The molecule has 0 atom stereocenters. The van der Waals surface area contributed by atoms with Crippen LogP contribution in [0.25, 0.3) is 0 Å². The van der Waals surface area contributed by atoms with Gasteiger partial charge in [-0.3, -0.25) is 4.90 Å². The lowest BCUT2D eigenvalue weighted by atomic mass is 10.2. The zero-order chi connectivity index (χ0) is 13.8. The van der Waals surface area contributed by atoms with Crippen molar-refractivity contribution in [2.24, 2.45) is 0 Å². The third-order valence-corrected chi connectivity index (χ3v) is 3.41. The molecule has 1 fully saturated rings. The van der Waals surface area contributed by atoms with Gasteiger partial charge < -0.3 is 14.4 Å². The fourth-order valence-electron chi connectivity index (χ4n) is 2.18. The number of aromatic nitrogens is 2. The number of methoxy groups -OCH3 is 2. The Morgan fingerprint density at radius 3 is 1.95 bits per heavy atom. The van der Waals surface area contributed by atoms with E-state index in [1.807, 2.05) is 0 Å². The van der Waals surface area contributed by atoms with Crippen LogP contribution in [-0.4, -0.2) is 61.3 Å². The molecule has 6 heteroatoms. The number of anilines is 1. The summed E-state index contributed by atoms with van der Waals surface area (Å²) in [7, 11) is 3.20. The molecule has 0 radical (unpaired) electrons. The van der Waals surface area contributed by atoms with Crippen molar-refractivity contribution in [3.63, 3.8) is 0 Å². The van der Waals surface area contributed by atoms with Crippen LogP contribution in [0.15, 0.2) is 6.07 Å². The van der Waals surface area contributed by atoms with Crippen molar-refractivity contribution < 1.29 is 9.47 Å². The van der Waals surface area contributed by atoms with Gasteiger partial charge in [0.05, 0.1) is 20.3 Å². The molecule has 1 aliphatic rings. The molecule has 106 valence electrons. The molecule has 0 N–H and O–H groups in total. The molecular formula is C13H22N4O2. The average Bonchev–Trinajstić information content (AvgIpc) is 2.46. The summed E-state index contributed by atoms with van der Waals surface area (Å²) in [4.78, 5) is 13.4. The van der Waals surface area contributed by atoms with Crippen LogP contribution >= 0.6 is 0 Å². The molecule has 19 heavy (non-hydrogen) atoms. The smallest absolute Gasteiger partial charge is 0.232 e. The van der Waals surface area contributed by atoms with E-state index in [4.69, 9.17) is 9.47 Å². The average molecular weight is 266 g/mol. The summed E-state index contributed by atoms with van der Waals surface area (Å²) < 4.78 is 10.4. The van der Waals surface area contributed by atoms with Gasteiger partial charge in [0.25, 0.3) is 0 Å². The molecule has 2 heterocycles. The largest absolute Gasteiger partial charge is 0.481 e. The Labute approximate surface area is 114 Å². The predicted octanol–water partition coefficient (Wildman–Crippen LogP) is 1.02. The molecule has 1 saturated heterocycles. The third kappa shape index (κ3) is 3.26. The summed E-state index contributed by atoms with van der Waals surface area (Å²) in [6.45, 7) is 8.35. The number of hydrogen-bond acceptors (Lipinski definition) is 6. The van der Waals surface area contributed by atoms with E-state index in [1.54, 1.807) is 20.3 Å². The number of nitrogens with zero attached hydrogens (tertiary/aromatic N) is 4. The van der Waals surface area contributed by atoms with Crippen LogP contribution in [0.3, 0.4) is 0 Å². The fourth-order valence-corrected chi connectivity index (χ4v) is 2.18. The monoisotopic (exact) mass is 266 g/mol. The third-order valence-electron chi connectivity index (χ3n) is 3.41. The van der Waals surface area contributed by atoms with Gasteiger partial charge in [0.1, 0.15) is 0 Å². The molecular weight excluding hydrogens is 244 g/mol. The van der Waals surface area contributed by atoms with Gasteiger partial charge in [0.15, 0.2) is 0 Å². The lowest BCUT2D eigenvalue weighted by molar-refractivity contribution is 0.208. The van der Waals surface area contributed by atoms with Crippen molar-refractivity contribution in [1.82, 2.24) is 14.9 Å². The van der Waals surface area contributed by atoms with E-state index in [1.165, 1.54) is 0 Å². The van der Waals surface area contributed by atoms with E-state index in [-0.39, 0.29) is 0 Å². The second-order valence-electron chi connectivity index (χ2n) is 4.87. The topological polar surface area (TPSA) is 50.7 Å². The van der Waals surface area contributed by atoms with Crippen molar-refractivity contribution >= 4 is 5.95 Å². The SMILES string of the molecule is COc1cc(OC)nc(N2CCN(C(C)C)CC2)n1. The maximum Gasteiger partial charge on any atom is 0.232 e. The molecule has 0 bridgehead atoms. The first kappa shape index (κ1) is 13.9. The van der Waals surface area contributed by atoms with Crippen molar-refractivity contribution in [1.29, 1.82) is 0 Å². The highest BCUT2D eigenvalue weighted by atomic mass is 16.5. The summed E-state index contributed by atoms with van der Waals surface area (Å²) in [6.07, 6.45) is 0. The van der Waals surface area contributed by atoms with Crippen molar-refractivity contribution in [3.05, 3.63) is 6.07 Å². The van der Waals surface area contributed by atoms with Gasteiger partial charge in [-0.2, -0.15) is 9.97 Å². The van der Waals surface area contributed by atoms with Crippen molar-refractivity contribution in [3.8, 4) is 11.8 Å². The van der Waals surface area contributed by atoms with Crippen LogP contribution in [0.4, 0.5) is 5.95 Å². The summed E-state index contributed by atoms with van der Waals surface area (Å²) in [5.74, 6) is 1.75. The number of rotatable bonds is 4. The number of hydrogen-bond donors (Lipinski definition) is 0. The van der Waals surface area contributed by atoms with E-state index in [9.17, 15) is 0 Å². The first-order chi connectivity index (χ1) is 9.13. The second kappa shape index (κ2) is 6.06. The van der Waals surface area contributed by atoms with Crippen LogP contribution in [0.2, 0.25) is 0 Å². The fraction of sp³-hybridized carbons (Fsp3) is 0.692. The van der Waals surface area contributed by atoms with Gasteiger partial charge >= 0.3 is 0 Å². The van der Waals surface area contributed by atoms with Crippen molar-refractivity contribution in [2.45, 2.75) is 19.9 Å². The maximum absolute atomic E-state index is 5.18. The molecule has 0 amide bonds. The summed E-state index contributed by atoms with van der Waals surface area (Å²) in [5.41, 5.74) is 0. The molecule has 0 aromatic carbocycles. The molecule has 0 saturated carbocycles.